The predicted molar refractivity (Wildman–Crippen MR) is 86.5 cm³/mol. The summed E-state index contributed by atoms with van der Waals surface area (Å²) in [6, 6.07) is 14.2. The summed E-state index contributed by atoms with van der Waals surface area (Å²) in [6.07, 6.45) is 0. The van der Waals surface area contributed by atoms with Crippen molar-refractivity contribution in [2.75, 3.05) is 38.3 Å². The number of morpholine rings is 1. The molecule has 3 nitrogen and oxygen atoms in total. The molecular formula is C17H18ClNO2. The molecule has 2 aromatic rings. The van der Waals surface area contributed by atoms with Gasteiger partial charge in [0.1, 0.15) is 5.75 Å². The molecule has 0 bridgehead atoms. The number of rotatable bonds is 3. The summed E-state index contributed by atoms with van der Waals surface area (Å²) in [7, 11) is 1.68. The van der Waals surface area contributed by atoms with Crippen LogP contribution in [0, 0.1) is 0 Å². The number of ether oxygens (including phenoxy) is 2. The third kappa shape index (κ3) is 3.14. The lowest BCUT2D eigenvalue weighted by atomic mass is 10.0. The largest absolute Gasteiger partial charge is 0.496 e. The zero-order valence-corrected chi connectivity index (χ0v) is 12.8. The van der Waals surface area contributed by atoms with E-state index in [9.17, 15) is 0 Å². The lowest BCUT2D eigenvalue weighted by Gasteiger charge is -2.29. The second kappa shape index (κ2) is 6.37. The predicted octanol–water partition coefficient (Wildman–Crippen LogP) is 3.85. The monoisotopic (exact) mass is 303 g/mol. The number of halogens is 1. The van der Waals surface area contributed by atoms with Gasteiger partial charge in [0.2, 0.25) is 0 Å². The van der Waals surface area contributed by atoms with Crippen LogP contribution in [0.4, 0.5) is 5.69 Å². The van der Waals surface area contributed by atoms with Crippen LogP contribution in [-0.2, 0) is 4.74 Å². The lowest BCUT2D eigenvalue weighted by molar-refractivity contribution is 0.122. The van der Waals surface area contributed by atoms with Crippen LogP contribution in [-0.4, -0.2) is 33.4 Å². The molecular weight excluding hydrogens is 286 g/mol. The summed E-state index contributed by atoms with van der Waals surface area (Å²) in [4.78, 5) is 2.34. The summed E-state index contributed by atoms with van der Waals surface area (Å²) in [5.74, 6) is 0.832. The van der Waals surface area contributed by atoms with Crippen LogP contribution >= 0.6 is 11.6 Å². The van der Waals surface area contributed by atoms with Crippen LogP contribution in [0.1, 0.15) is 0 Å². The zero-order chi connectivity index (χ0) is 14.7. The van der Waals surface area contributed by atoms with E-state index in [0.717, 1.165) is 43.2 Å². The van der Waals surface area contributed by atoms with Gasteiger partial charge in [0.15, 0.2) is 0 Å². The Morgan fingerprint density at radius 1 is 1.05 bits per heavy atom. The molecule has 0 radical (unpaired) electrons. The van der Waals surface area contributed by atoms with Gasteiger partial charge in [0.25, 0.3) is 0 Å². The fraction of sp³-hybridized carbons (Fsp3) is 0.294. The van der Waals surface area contributed by atoms with Crippen LogP contribution in [0.5, 0.6) is 5.75 Å². The zero-order valence-electron chi connectivity index (χ0n) is 12.0. The van der Waals surface area contributed by atoms with Gasteiger partial charge in [-0.1, -0.05) is 23.7 Å². The van der Waals surface area contributed by atoms with Gasteiger partial charge in [-0.25, -0.2) is 0 Å². The number of anilines is 1. The van der Waals surface area contributed by atoms with Crippen LogP contribution in [0.15, 0.2) is 42.5 Å². The van der Waals surface area contributed by atoms with E-state index in [1.165, 1.54) is 5.69 Å². The van der Waals surface area contributed by atoms with Crippen LogP contribution < -0.4 is 9.64 Å². The summed E-state index contributed by atoms with van der Waals surface area (Å²) in [5.41, 5.74) is 3.34. The lowest BCUT2D eigenvalue weighted by Crippen LogP contribution is -2.36. The summed E-state index contributed by atoms with van der Waals surface area (Å²) < 4.78 is 10.8. The first-order chi connectivity index (χ1) is 10.3. The van der Waals surface area contributed by atoms with Crippen molar-refractivity contribution >= 4 is 17.3 Å². The van der Waals surface area contributed by atoms with Crippen molar-refractivity contribution in [3.05, 3.63) is 47.5 Å². The molecule has 1 saturated heterocycles. The summed E-state index contributed by atoms with van der Waals surface area (Å²) >= 11 is 6.10. The van der Waals surface area contributed by atoms with Crippen molar-refractivity contribution in [1.82, 2.24) is 0 Å². The van der Waals surface area contributed by atoms with Crippen molar-refractivity contribution in [2.24, 2.45) is 0 Å². The first kappa shape index (κ1) is 14.2. The fourth-order valence-electron chi connectivity index (χ4n) is 2.58. The van der Waals surface area contributed by atoms with Gasteiger partial charge in [-0.3, -0.25) is 0 Å². The van der Waals surface area contributed by atoms with Gasteiger partial charge in [-0.15, -0.1) is 0 Å². The van der Waals surface area contributed by atoms with Crippen molar-refractivity contribution in [2.45, 2.75) is 0 Å². The Hall–Kier alpha value is -1.71. The highest BCUT2D eigenvalue weighted by Gasteiger charge is 2.12. The van der Waals surface area contributed by atoms with Gasteiger partial charge in [0.05, 0.1) is 20.3 Å². The average molecular weight is 304 g/mol. The van der Waals surface area contributed by atoms with E-state index in [4.69, 9.17) is 21.1 Å². The molecule has 0 N–H and O–H groups in total. The normalized spacial score (nSPS) is 15.0. The highest BCUT2D eigenvalue weighted by atomic mass is 35.5. The topological polar surface area (TPSA) is 21.7 Å². The van der Waals surface area contributed by atoms with E-state index in [2.05, 4.69) is 29.2 Å². The molecule has 0 unspecified atom stereocenters. The van der Waals surface area contributed by atoms with E-state index in [1.807, 2.05) is 18.2 Å². The number of hydrogen-bond acceptors (Lipinski definition) is 3. The number of methoxy groups -OCH3 is 1. The summed E-state index contributed by atoms with van der Waals surface area (Å²) in [5, 5.41) is 0.711. The fourth-order valence-corrected chi connectivity index (χ4v) is 2.75. The smallest absolute Gasteiger partial charge is 0.126 e. The summed E-state index contributed by atoms with van der Waals surface area (Å²) in [6.45, 7) is 3.48. The SMILES string of the molecule is COc1ccc(Cl)cc1-c1ccc(N2CCOCC2)cc1. The second-order valence-electron chi connectivity index (χ2n) is 4.99. The molecule has 1 fully saturated rings. The molecule has 1 aliphatic rings. The molecule has 2 aromatic carbocycles. The first-order valence-corrected chi connectivity index (χ1v) is 7.42. The van der Waals surface area contributed by atoms with Gasteiger partial charge in [0, 0.05) is 29.4 Å². The standard InChI is InChI=1S/C17H18ClNO2/c1-20-17-7-4-14(18)12-16(17)13-2-5-15(6-3-13)19-8-10-21-11-9-19/h2-7,12H,8-11H2,1H3. The van der Waals surface area contributed by atoms with E-state index >= 15 is 0 Å². The molecule has 0 aromatic heterocycles. The van der Waals surface area contributed by atoms with E-state index < -0.39 is 0 Å². The third-order valence-electron chi connectivity index (χ3n) is 3.72. The number of benzene rings is 2. The maximum absolute atomic E-state index is 6.10. The average Bonchev–Trinajstić information content (AvgIpc) is 2.56. The van der Waals surface area contributed by atoms with E-state index in [1.54, 1.807) is 7.11 Å². The molecule has 1 aliphatic heterocycles. The minimum absolute atomic E-state index is 0.711. The van der Waals surface area contributed by atoms with E-state index in [-0.39, 0.29) is 0 Å². The maximum Gasteiger partial charge on any atom is 0.126 e. The number of nitrogens with zero attached hydrogens (tertiary/aromatic N) is 1. The highest BCUT2D eigenvalue weighted by molar-refractivity contribution is 6.31. The molecule has 0 amide bonds. The van der Waals surface area contributed by atoms with E-state index in [0.29, 0.717) is 5.02 Å². The Balaban J connectivity index is 1.88. The van der Waals surface area contributed by atoms with Crippen LogP contribution in [0.25, 0.3) is 11.1 Å². The Kier molecular flexibility index (Phi) is 4.32. The highest BCUT2D eigenvalue weighted by Crippen LogP contribution is 2.33. The van der Waals surface area contributed by atoms with Gasteiger partial charge in [-0.2, -0.15) is 0 Å². The van der Waals surface area contributed by atoms with Crippen molar-refractivity contribution in [3.63, 3.8) is 0 Å². The van der Waals surface area contributed by atoms with Gasteiger partial charge >= 0.3 is 0 Å². The maximum atomic E-state index is 6.10. The second-order valence-corrected chi connectivity index (χ2v) is 5.43. The van der Waals surface area contributed by atoms with Crippen molar-refractivity contribution in [1.29, 1.82) is 0 Å². The molecule has 0 aliphatic carbocycles. The Morgan fingerprint density at radius 2 is 1.76 bits per heavy atom. The van der Waals surface area contributed by atoms with Gasteiger partial charge < -0.3 is 14.4 Å². The molecule has 0 spiro atoms. The quantitative estimate of drug-likeness (QED) is 0.859. The van der Waals surface area contributed by atoms with Crippen molar-refractivity contribution < 1.29 is 9.47 Å². The Labute approximate surface area is 130 Å². The molecule has 21 heavy (non-hydrogen) atoms. The molecule has 3 rings (SSSR count). The molecule has 0 saturated carbocycles. The minimum atomic E-state index is 0.711. The molecule has 110 valence electrons. The van der Waals surface area contributed by atoms with Crippen molar-refractivity contribution in [3.8, 4) is 16.9 Å². The van der Waals surface area contributed by atoms with Crippen LogP contribution in [0.3, 0.4) is 0 Å². The minimum Gasteiger partial charge on any atom is -0.496 e. The molecule has 1 heterocycles. The number of hydrogen-bond donors (Lipinski definition) is 0. The third-order valence-corrected chi connectivity index (χ3v) is 3.95. The van der Waals surface area contributed by atoms with Gasteiger partial charge in [-0.05, 0) is 35.9 Å². The Morgan fingerprint density at radius 3 is 2.43 bits per heavy atom. The molecule has 4 heteroatoms. The first-order valence-electron chi connectivity index (χ1n) is 7.04. The molecule has 0 atom stereocenters. The van der Waals surface area contributed by atoms with Crippen LogP contribution in [0.2, 0.25) is 5.02 Å². The Bertz CT molecular complexity index is 607.